The zero-order valence-electron chi connectivity index (χ0n) is 20.4. The topological polar surface area (TPSA) is 118 Å². The Balaban J connectivity index is 1.85. The second-order valence-corrected chi connectivity index (χ2v) is 7.80. The largest absolute Gasteiger partial charge is 0.497 e. The average Bonchev–Trinajstić information content (AvgIpc) is 2.86. The number of carbonyl (C=O) groups is 3. The molecule has 0 saturated heterocycles. The number of benzene rings is 2. The predicted octanol–water partition coefficient (Wildman–Crippen LogP) is 4.27. The normalized spacial score (nSPS) is 15.3. The van der Waals surface area contributed by atoms with Gasteiger partial charge in [0.15, 0.2) is 0 Å². The maximum atomic E-state index is 12.7. The van der Waals surface area contributed by atoms with Crippen molar-refractivity contribution in [2.45, 2.75) is 26.3 Å². The van der Waals surface area contributed by atoms with Crippen LogP contribution >= 0.6 is 0 Å². The summed E-state index contributed by atoms with van der Waals surface area (Å²) in [6.07, 6.45) is 0.734. The summed E-state index contributed by atoms with van der Waals surface area (Å²) < 4.78 is 15.5. The molecule has 10 nitrogen and oxygen atoms in total. The van der Waals surface area contributed by atoms with Crippen molar-refractivity contribution >= 4 is 29.4 Å². The van der Waals surface area contributed by atoms with Gasteiger partial charge in [0.25, 0.3) is 0 Å². The summed E-state index contributed by atoms with van der Waals surface area (Å²) in [4.78, 5) is 39.6. The van der Waals surface area contributed by atoms with E-state index in [4.69, 9.17) is 14.2 Å². The van der Waals surface area contributed by atoms with E-state index >= 15 is 0 Å². The SMILES string of the molecule is CCCN1C(=O)NC(c2cccc(NC(=O)Nc3ccc(OC)cc3OC)c2)C(C(=O)OC)=C1C. The molecule has 35 heavy (non-hydrogen) atoms. The second kappa shape index (κ2) is 11.3. The lowest BCUT2D eigenvalue weighted by Crippen LogP contribution is -2.48. The second-order valence-electron chi connectivity index (χ2n) is 7.80. The molecule has 1 heterocycles. The lowest BCUT2D eigenvalue weighted by molar-refractivity contribution is -0.136. The maximum Gasteiger partial charge on any atom is 0.337 e. The third-order valence-electron chi connectivity index (χ3n) is 5.58. The Kier molecular flexibility index (Phi) is 8.19. The smallest absolute Gasteiger partial charge is 0.337 e. The number of hydrogen-bond donors (Lipinski definition) is 3. The van der Waals surface area contributed by atoms with Crippen molar-refractivity contribution in [2.24, 2.45) is 0 Å². The molecule has 4 amide bonds. The van der Waals surface area contributed by atoms with Crippen LogP contribution in [-0.2, 0) is 9.53 Å². The third kappa shape index (κ3) is 5.65. The lowest BCUT2D eigenvalue weighted by atomic mass is 9.94. The molecule has 0 saturated carbocycles. The minimum Gasteiger partial charge on any atom is -0.497 e. The van der Waals surface area contributed by atoms with Crippen molar-refractivity contribution in [1.82, 2.24) is 10.2 Å². The number of esters is 1. The number of hydrogen-bond acceptors (Lipinski definition) is 6. The van der Waals surface area contributed by atoms with E-state index < -0.39 is 18.0 Å². The minimum absolute atomic E-state index is 0.301. The molecular formula is C25H30N4O6. The Bertz CT molecular complexity index is 1150. The van der Waals surface area contributed by atoms with Crippen LogP contribution in [-0.4, -0.2) is 50.8 Å². The highest BCUT2D eigenvalue weighted by molar-refractivity contribution is 6.01. The van der Waals surface area contributed by atoms with Gasteiger partial charge in [0.05, 0.1) is 38.6 Å². The summed E-state index contributed by atoms with van der Waals surface area (Å²) in [5.74, 6) is 0.506. The number of nitrogens with one attached hydrogen (secondary N) is 3. The molecule has 1 atom stereocenters. The van der Waals surface area contributed by atoms with E-state index in [1.165, 1.54) is 19.1 Å². The molecule has 0 bridgehead atoms. The van der Waals surface area contributed by atoms with Crippen molar-refractivity contribution in [1.29, 1.82) is 0 Å². The van der Waals surface area contributed by atoms with Crippen LogP contribution in [0.2, 0.25) is 0 Å². The molecule has 10 heteroatoms. The first-order valence-electron chi connectivity index (χ1n) is 11.1. The monoisotopic (exact) mass is 482 g/mol. The molecule has 3 N–H and O–H groups in total. The van der Waals surface area contributed by atoms with Crippen LogP contribution in [0.3, 0.4) is 0 Å². The number of amides is 4. The fraction of sp³-hybridized carbons (Fsp3) is 0.320. The molecule has 1 aliphatic heterocycles. The first kappa shape index (κ1) is 25.4. The maximum absolute atomic E-state index is 12.7. The van der Waals surface area contributed by atoms with E-state index in [9.17, 15) is 14.4 Å². The first-order chi connectivity index (χ1) is 16.8. The number of nitrogens with zero attached hydrogens (tertiary/aromatic N) is 1. The van der Waals surface area contributed by atoms with Gasteiger partial charge in [-0.05, 0) is 43.2 Å². The van der Waals surface area contributed by atoms with Crippen LogP contribution in [0.4, 0.5) is 21.0 Å². The summed E-state index contributed by atoms with van der Waals surface area (Å²) in [7, 11) is 4.34. The minimum atomic E-state index is -0.727. The quantitative estimate of drug-likeness (QED) is 0.484. The van der Waals surface area contributed by atoms with E-state index in [1.807, 2.05) is 6.92 Å². The summed E-state index contributed by atoms with van der Waals surface area (Å²) in [6.45, 7) is 4.15. The summed E-state index contributed by atoms with van der Waals surface area (Å²) in [5.41, 5.74) is 2.43. The molecule has 2 aromatic rings. The average molecular weight is 483 g/mol. The molecule has 3 rings (SSSR count). The van der Waals surface area contributed by atoms with Gasteiger partial charge in [0, 0.05) is 24.0 Å². The van der Waals surface area contributed by atoms with Crippen LogP contribution in [0.15, 0.2) is 53.7 Å². The standard InChI is InChI=1S/C25H30N4O6/c1-6-12-29-15(2)21(23(30)35-5)22(28-25(29)32)16-8-7-9-17(13-16)26-24(31)27-19-11-10-18(33-3)14-20(19)34-4/h7-11,13-14,22H,6,12H2,1-5H3,(H,28,32)(H2,26,27,31). The van der Waals surface area contributed by atoms with E-state index in [0.717, 1.165) is 6.42 Å². The highest BCUT2D eigenvalue weighted by atomic mass is 16.5. The van der Waals surface area contributed by atoms with Gasteiger partial charge >= 0.3 is 18.0 Å². The molecule has 0 fully saturated rings. The zero-order valence-corrected chi connectivity index (χ0v) is 20.4. The fourth-order valence-electron chi connectivity index (χ4n) is 3.88. The van der Waals surface area contributed by atoms with Crippen molar-refractivity contribution in [2.75, 3.05) is 38.5 Å². The highest BCUT2D eigenvalue weighted by Gasteiger charge is 2.36. The van der Waals surface area contributed by atoms with Gasteiger partial charge in [-0.2, -0.15) is 0 Å². The molecule has 2 aromatic carbocycles. The van der Waals surface area contributed by atoms with E-state index in [-0.39, 0.29) is 6.03 Å². The fourth-order valence-corrected chi connectivity index (χ4v) is 3.88. The number of allylic oxidation sites excluding steroid dienone is 1. The molecule has 0 radical (unpaired) electrons. The van der Waals surface area contributed by atoms with Gasteiger partial charge in [-0.25, -0.2) is 14.4 Å². The number of ether oxygens (including phenoxy) is 3. The van der Waals surface area contributed by atoms with Crippen LogP contribution in [0, 0.1) is 0 Å². The third-order valence-corrected chi connectivity index (χ3v) is 5.58. The number of methoxy groups -OCH3 is 3. The van der Waals surface area contributed by atoms with Crippen molar-refractivity contribution in [3.63, 3.8) is 0 Å². The molecule has 0 spiro atoms. The van der Waals surface area contributed by atoms with Gasteiger partial charge in [-0.1, -0.05) is 19.1 Å². The predicted molar refractivity (Wildman–Crippen MR) is 132 cm³/mol. The number of urea groups is 2. The Morgan fingerprint density at radius 1 is 1.06 bits per heavy atom. The van der Waals surface area contributed by atoms with Gasteiger partial charge < -0.3 is 30.2 Å². The van der Waals surface area contributed by atoms with Gasteiger partial charge in [-0.3, -0.25) is 4.90 Å². The van der Waals surface area contributed by atoms with Crippen molar-refractivity contribution in [3.8, 4) is 11.5 Å². The van der Waals surface area contributed by atoms with Crippen LogP contribution in [0.1, 0.15) is 31.9 Å². The van der Waals surface area contributed by atoms with Gasteiger partial charge in [0.1, 0.15) is 11.5 Å². The first-order valence-corrected chi connectivity index (χ1v) is 11.1. The summed E-state index contributed by atoms with van der Waals surface area (Å²) in [6, 6.07) is 10.4. The number of anilines is 2. The van der Waals surface area contributed by atoms with Crippen LogP contribution < -0.4 is 25.4 Å². The number of carbonyl (C=O) groups excluding carboxylic acids is 3. The molecule has 1 unspecified atom stereocenters. The Labute approximate surface area is 204 Å². The Hall–Kier alpha value is -4.21. The zero-order chi connectivity index (χ0) is 25.5. The summed E-state index contributed by atoms with van der Waals surface area (Å²) in [5, 5.41) is 8.39. The van der Waals surface area contributed by atoms with Crippen molar-refractivity contribution < 1.29 is 28.6 Å². The van der Waals surface area contributed by atoms with Crippen molar-refractivity contribution in [3.05, 3.63) is 59.3 Å². The molecule has 0 aromatic heterocycles. The van der Waals surface area contributed by atoms with Crippen LogP contribution in [0.25, 0.3) is 0 Å². The Morgan fingerprint density at radius 2 is 1.83 bits per heavy atom. The van der Waals surface area contributed by atoms with Gasteiger partial charge in [-0.15, -0.1) is 0 Å². The van der Waals surface area contributed by atoms with E-state index in [2.05, 4.69) is 16.0 Å². The molecule has 1 aliphatic rings. The van der Waals surface area contributed by atoms with Gasteiger partial charge in [0.2, 0.25) is 0 Å². The summed E-state index contributed by atoms with van der Waals surface area (Å²) >= 11 is 0. The number of rotatable bonds is 8. The van der Waals surface area contributed by atoms with E-state index in [1.54, 1.807) is 56.5 Å². The van der Waals surface area contributed by atoms with Crippen LogP contribution in [0.5, 0.6) is 11.5 Å². The Morgan fingerprint density at radius 3 is 2.49 bits per heavy atom. The lowest BCUT2D eigenvalue weighted by Gasteiger charge is -2.35. The molecule has 186 valence electrons. The highest BCUT2D eigenvalue weighted by Crippen LogP contribution is 2.33. The molecular weight excluding hydrogens is 452 g/mol. The molecule has 0 aliphatic carbocycles. The van der Waals surface area contributed by atoms with E-state index in [0.29, 0.717) is 46.3 Å².